The lowest BCUT2D eigenvalue weighted by Crippen LogP contribution is -2.15. The van der Waals surface area contributed by atoms with Crippen LogP contribution in [-0.4, -0.2) is 6.18 Å². The van der Waals surface area contributed by atoms with Gasteiger partial charge >= 0.3 is 6.18 Å². The summed E-state index contributed by atoms with van der Waals surface area (Å²) in [6, 6.07) is 16.6. The van der Waals surface area contributed by atoms with Crippen molar-refractivity contribution in [1.82, 2.24) is 0 Å². The minimum Gasteiger partial charge on any atom is -0.324 e. The van der Waals surface area contributed by atoms with Crippen LogP contribution in [0.15, 0.2) is 54.6 Å². The molecule has 2 aromatic carbocycles. The van der Waals surface area contributed by atoms with E-state index in [1.54, 1.807) is 12.1 Å². The zero-order valence-electron chi connectivity index (χ0n) is 11.3. The van der Waals surface area contributed by atoms with Crippen molar-refractivity contribution in [3.05, 3.63) is 60.2 Å². The molecule has 1 nitrogen and oxygen atoms in total. The molecule has 0 saturated carbocycles. The van der Waals surface area contributed by atoms with Gasteiger partial charge in [0.2, 0.25) is 0 Å². The van der Waals surface area contributed by atoms with E-state index in [1.807, 2.05) is 42.5 Å². The van der Waals surface area contributed by atoms with Crippen LogP contribution in [0.2, 0.25) is 0 Å². The maximum absolute atomic E-state index is 12.2. The Kier molecular flexibility index (Phi) is 6.24. The summed E-state index contributed by atoms with van der Waals surface area (Å²) in [7, 11) is 0. The first kappa shape index (κ1) is 17.5. The normalized spacial score (nSPS) is 12.6. The third kappa shape index (κ3) is 5.40. The summed E-state index contributed by atoms with van der Waals surface area (Å²) in [5, 5.41) is 0. The van der Waals surface area contributed by atoms with Gasteiger partial charge in [0.25, 0.3) is 0 Å². The van der Waals surface area contributed by atoms with Crippen molar-refractivity contribution in [1.29, 1.82) is 0 Å². The standard InChI is InChI=1S/C16H16F3N.ClH/c17-16(18,19)11-10-15(20)14-8-6-13(7-9-14)12-4-2-1-3-5-12;/h1-9,15H,10-11,20H2;1H/t15-;/m0./s1. The van der Waals surface area contributed by atoms with E-state index in [4.69, 9.17) is 5.73 Å². The number of hydrogen-bond acceptors (Lipinski definition) is 1. The summed E-state index contributed by atoms with van der Waals surface area (Å²) >= 11 is 0. The van der Waals surface area contributed by atoms with Crippen LogP contribution in [0.1, 0.15) is 24.4 Å². The van der Waals surface area contributed by atoms with E-state index in [9.17, 15) is 13.2 Å². The van der Waals surface area contributed by atoms with Crippen LogP contribution in [0.4, 0.5) is 13.2 Å². The molecule has 0 fully saturated rings. The van der Waals surface area contributed by atoms with Crippen molar-refractivity contribution < 1.29 is 13.2 Å². The first-order chi connectivity index (χ1) is 9.46. The Labute approximate surface area is 128 Å². The molecule has 2 N–H and O–H groups in total. The third-order valence-corrected chi connectivity index (χ3v) is 3.18. The van der Waals surface area contributed by atoms with Gasteiger partial charge in [-0.05, 0) is 23.1 Å². The van der Waals surface area contributed by atoms with Crippen molar-refractivity contribution in [2.75, 3.05) is 0 Å². The second kappa shape index (κ2) is 7.48. The Balaban J connectivity index is 0.00000220. The number of alkyl halides is 3. The van der Waals surface area contributed by atoms with Gasteiger partial charge in [-0.15, -0.1) is 12.4 Å². The summed E-state index contributed by atoms with van der Waals surface area (Å²) in [6.07, 6.45) is -5.09. The molecule has 0 unspecified atom stereocenters. The van der Waals surface area contributed by atoms with Crippen molar-refractivity contribution in [2.24, 2.45) is 5.73 Å². The monoisotopic (exact) mass is 315 g/mol. The summed E-state index contributed by atoms with van der Waals surface area (Å²) in [5.41, 5.74) is 8.62. The average Bonchev–Trinajstić information content (AvgIpc) is 2.45. The summed E-state index contributed by atoms with van der Waals surface area (Å²) < 4.78 is 36.5. The Morgan fingerprint density at radius 2 is 1.38 bits per heavy atom. The highest BCUT2D eigenvalue weighted by Gasteiger charge is 2.27. The molecule has 114 valence electrons. The maximum atomic E-state index is 12.2. The van der Waals surface area contributed by atoms with Crippen LogP contribution in [0.25, 0.3) is 11.1 Å². The summed E-state index contributed by atoms with van der Waals surface area (Å²) in [6.45, 7) is 0. The molecule has 0 spiro atoms. The lowest BCUT2D eigenvalue weighted by atomic mass is 9.99. The topological polar surface area (TPSA) is 26.0 Å². The van der Waals surface area contributed by atoms with Gasteiger partial charge in [-0.1, -0.05) is 54.6 Å². The van der Waals surface area contributed by atoms with Gasteiger partial charge in [0.1, 0.15) is 0 Å². The largest absolute Gasteiger partial charge is 0.389 e. The van der Waals surface area contributed by atoms with Gasteiger partial charge in [0, 0.05) is 12.5 Å². The Bertz CT molecular complexity index is 538. The number of nitrogens with two attached hydrogens (primary N) is 1. The van der Waals surface area contributed by atoms with Crippen molar-refractivity contribution >= 4 is 12.4 Å². The van der Waals surface area contributed by atoms with Crippen molar-refractivity contribution in [3.8, 4) is 11.1 Å². The predicted molar refractivity (Wildman–Crippen MR) is 81.3 cm³/mol. The maximum Gasteiger partial charge on any atom is 0.389 e. The molecule has 5 heteroatoms. The smallest absolute Gasteiger partial charge is 0.324 e. The van der Waals surface area contributed by atoms with Crippen LogP contribution in [0.3, 0.4) is 0 Å². The van der Waals surface area contributed by atoms with E-state index >= 15 is 0 Å². The SMILES string of the molecule is Cl.N[C@@H](CCC(F)(F)F)c1ccc(-c2ccccc2)cc1. The first-order valence-electron chi connectivity index (χ1n) is 6.43. The highest BCUT2D eigenvalue weighted by Crippen LogP contribution is 2.27. The highest BCUT2D eigenvalue weighted by molar-refractivity contribution is 5.85. The molecule has 0 aliphatic carbocycles. The van der Waals surface area contributed by atoms with Crippen LogP contribution in [0.5, 0.6) is 0 Å². The molecule has 0 bridgehead atoms. The van der Waals surface area contributed by atoms with Gasteiger partial charge < -0.3 is 5.73 Å². The fourth-order valence-electron chi connectivity index (χ4n) is 2.04. The predicted octanol–water partition coefficient (Wildman–Crippen LogP) is 5.12. The Morgan fingerprint density at radius 1 is 0.857 bits per heavy atom. The fourth-order valence-corrected chi connectivity index (χ4v) is 2.04. The van der Waals surface area contributed by atoms with E-state index in [2.05, 4.69) is 0 Å². The summed E-state index contributed by atoms with van der Waals surface area (Å²) in [5.74, 6) is 0. The molecular formula is C16H17ClF3N. The lowest BCUT2D eigenvalue weighted by Gasteiger charge is -2.14. The minimum atomic E-state index is -4.15. The van der Waals surface area contributed by atoms with Crippen LogP contribution >= 0.6 is 12.4 Å². The molecule has 2 aromatic rings. The highest BCUT2D eigenvalue weighted by atomic mass is 35.5. The number of halogens is 4. The molecular weight excluding hydrogens is 299 g/mol. The van der Waals surface area contributed by atoms with Crippen molar-refractivity contribution in [3.63, 3.8) is 0 Å². The second-order valence-electron chi connectivity index (χ2n) is 4.75. The van der Waals surface area contributed by atoms with E-state index in [0.717, 1.165) is 16.7 Å². The van der Waals surface area contributed by atoms with Gasteiger partial charge in [-0.3, -0.25) is 0 Å². The third-order valence-electron chi connectivity index (χ3n) is 3.18. The van der Waals surface area contributed by atoms with Crippen LogP contribution < -0.4 is 5.73 Å². The van der Waals surface area contributed by atoms with Gasteiger partial charge in [0.05, 0.1) is 0 Å². The Hall–Kier alpha value is -1.52. The number of hydrogen-bond donors (Lipinski definition) is 1. The van der Waals surface area contributed by atoms with Gasteiger partial charge in [-0.2, -0.15) is 13.2 Å². The van der Waals surface area contributed by atoms with Crippen LogP contribution in [0, 0.1) is 0 Å². The van der Waals surface area contributed by atoms with E-state index in [-0.39, 0.29) is 18.8 Å². The minimum absolute atomic E-state index is 0. The van der Waals surface area contributed by atoms with E-state index < -0.39 is 18.6 Å². The van der Waals surface area contributed by atoms with Crippen molar-refractivity contribution in [2.45, 2.75) is 25.1 Å². The zero-order valence-corrected chi connectivity index (χ0v) is 12.1. The lowest BCUT2D eigenvalue weighted by molar-refractivity contribution is -0.136. The molecule has 0 heterocycles. The molecule has 1 atom stereocenters. The zero-order chi connectivity index (χ0) is 14.6. The molecule has 0 aliphatic rings. The first-order valence-corrected chi connectivity index (χ1v) is 6.43. The van der Waals surface area contributed by atoms with Gasteiger partial charge in [0.15, 0.2) is 0 Å². The molecule has 0 aromatic heterocycles. The average molecular weight is 316 g/mol. The molecule has 0 aliphatic heterocycles. The van der Waals surface area contributed by atoms with Crippen LogP contribution in [-0.2, 0) is 0 Å². The second-order valence-corrected chi connectivity index (χ2v) is 4.75. The summed E-state index contributed by atoms with van der Waals surface area (Å²) in [4.78, 5) is 0. The number of rotatable bonds is 4. The van der Waals surface area contributed by atoms with E-state index in [0.29, 0.717) is 0 Å². The molecule has 0 saturated heterocycles. The molecule has 0 radical (unpaired) electrons. The fraction of sp³-hybridized carbons (Fsp3) is 0.250. The van der Waals surface area contributed by atoms with E-state index in [1.165, 1.54) is 0 Å². The molecule has 2 rings (SSSR count). The number of benzene rings is 2. The molecule has 0 amide bonds. The van der Waals surface area contributed by atoms with Gasteiger partial charge in [-0.25, -0.2) is 0 Å². The Morgan fingerprint density at radius 3 is 1.90 bits per heavy atom. The molecule has 21 heavy (non-hydrogen) atoms. The quantitative estimate of drug-likeness (QED) is 0.832.